The lowest BCUT2D eigenvalue weighted by Crippen LogP contribution is -2.33. The molecule has 1 atom stereocenters. The molecule has 1 aliphatic rings. The van der Waals surface area contributed by atoms with Crippen molar-refractivity contribution in [2.24, 2.45) is 0 Å². The number of nitro groups is 1. The van der Waals surface area contributed by atoms with E-state index in [1.165, 1.54) is 5.56 Å². The predicted molar refractivity (Wildman–Crippen MR) is 87.3 cm³/mol. The first-order valence-corrected chi connectivity index (χ1v) is 7.60. The molecule has 0 spiro atoms. The quantitative estimate of drug-likeness (QED) is 0.665. The summed E-state index contributed by atoms with van der Waals surface area (Å²) in [4.78, 5) is 32.0. The molecule has 1 saturated heterocycles. The summed E-state index contributed by atoms with van der Waals surface area (Å²) in [5.41, 5.74) is 2.09. The Bertz CT molecular complexity index is 745. The van der Waals surface area contributed by atoms with Gasteiger partial charge in [-0.25, -0.2) is 9.97 Å². The Kier molecular flexibility index (Phi) is 4.37. The van der Waals surface area contributed by atoms with Gasteiger partial charge in [0.2, 0.25) is 11.9 Å². The summed E-state index contributed by atoms with van der Waals surface area (Å²) in [6.07, 6.45) is 2.89. The highest BCUT2D eigenvalue weighted by Crippen LogP contribution is 2.18. The standard InChI is InChI=1S/C16H17N5O3/c1-11-2-4-12(5-3-11)10-20-7-6-14(15(20)22)19-16-17-8-13(9-18-16)21(23)24/h2-5,8-9,14H,6-7,10H2,1H3,(H,17,18,19). The fraction of sp³-hybridized carbons (Fsp3) is 0.312. The average molecular weight is 327 g/mol. The van der Waals surface area contributed by atoms with Crippen LogP contribution < -0.4 is 5.32 Å². The van der Waals surface area contributed by atoms with Crippen molar-refractivity contribution in [2.45, 2.75) is 25.9 Å². The monoisotopic (exact) mass is 327 g/mol. The maximum Gasteiger partial charge on any atom is 0.305 e. The van der Waals surface area contributed by atoms with E-state index in [4.69, 9.17) is 0 Å². The average Bonchev–Trinajstić information content (AvgIpc) is 2.91. The summed E-state index contributed by atoms with van der Waals surface area (Å²) in [5.74, 6) is 0.202. The molecule has 2 heterocycles. The molecule has 2 aromatic rings. The second-order valence-corrected chi connectivity index (χ2v) is 5.75. The normalized spacial score (nSPS) is 17.1. The zero-order valence-electron chi connectivity index (χ0n) is 13.2. The van der Waals surface area contributed by atoms with Gasteiger partial charge in [0.1, 0.15) is 18.4 Å². The molecule has 1 fully saturated rings. The number of nitrogens with one attached hydrogen (secondary N) is 1. The van der Waals surface area contributed by atoms with Gasteiger partial charge in [0, 0.05) is 13.1 Å². The van der Waals surface area contributed by atoms with Crippen LogP contribution in [-0.4, -0.2) is 38.3 Å². The van der Waals surface area contributed by atoms with Crippen molar-refractivity contribution in [3.63, 3.8) is 0 Å². The van der Waals surface area contributed by atoms with Gasteiger partial charge in [0.25, 0.3) is 0 Å². The van der Waals surface area contributed by atoms with Crippen LogP contribution in [-0.2, 0) is 11.3 Å². The van der Waals surface area contributed by atoms with Gasteiger partial charge in [-0.1, -0.05) is 29.8 Å². The van der Waals surface area contributed by atoms with Crippen molar-refractivity contribution in [3.05, 3.63) is 57.9 Å². The van der Waals surface area contributed by atoms with E-state index in [0.29, 0.717) is 19.5 Å². The van der Waals surface area contributed by atoms with E-state index in [9.17, 15) is 14.9 Å². The number of amides is 1. The maximum atomic E-state index is 12.5. The van der Waals surface area contributed by atoms with Gasteiger partial charge in [0.05, 0.1) is 4.92 Å². The van der Waals surface area contributed by atoms with Crippen molar-refractivity contribution >= 4 is 17.5 Å². The Balaban J connectivity index is 1.61. The van der Waals surface area contributed by atoms with Crippen LogP contribution in [0.3, 0.4) is 0 Å². The molecule has 1 amide bonds. The zero-order chi connectivity index (χ0) is 17.1. The lowest BCUT2D eigenvalue weighted by molar-refractivity contribution is -0.385. The number of aryl methyl sites for hydroxylation is 1. The van der Waals surface area contributed by atoms with Gasteiger partial charge in [0.15, 0.2) is 0 Å². The van der Waals surface area contributed by atoms with Gasteiger partial charge in [-0.2, -0.15) is 0 Å². The first-order valence-electron chi connectivity index (χ1n) is 7.60. The molecule has 1 unspecified atom stereocenters. The van der Waals surface area contributed by atoms with Crippen LogP contribution in [0.2, 0.25) is 0 Å². The van der Waals surface area contributed by atoms with Crippen molar-refractivity contribution in [1.82, 2.24) is 14.9 Å². The summed E-state index contributed by atoms with van der Waals surface area (Å²) < 4.78 is 0. The molecular formula is C16H17N5O3. The van der Waals surface area contributed by atoms with E-state index >= 15 is 0 Å². The molecule has 24 heavy (non-hydrogen) atoms. The molecule has 1 aromatic heterocycles. The van der Waals surface area contributed by atoms with Crippen LogP contribution in [0, 0.1) is 17.0 Å². The van der Waals surface area contributed by atoms with Crippen LogP contribution in [0.15, 0.2) is 36.7 Å². The Morgan fingerprint density at radius 2 is 1.96 bits per heavy atom. The highest BCUT2D eigenvalue weighted by molar-refractivity contribution is 5.86. The third kappa shape index (κ3) is 3.48. The third-order valence-corrected chi connectivity index (χ3v) is 3.94. The molecule has 0 radical (unpaired) electrons. The van der Waals surface area contributed by atoms with Gasteiger partial charge in [-0.15, -0.1) is 0 Å². The Labute approximate surface area is 138 Å². The number of anilines is 1. The lowest BCUT2D eigenvalue weighted by atomic mass is 10.1. The Morgan fingerprint density at radius 3 is 2.58 bits per heavy atom. The second-order valence-electron chi connectivity index (χ2n) is 5.75. The molecule has 1 aromatic carbocycles. The summed E-state index contributed by atoms with van der Waals surface area (Å²) in [7, 11) is 0. The van der Waals surface area contributed by atoms with Crippen LogP contribution >= 0.6 is 0 Å². The van der Waals surface area contributed by atoms with Crippen LogP contribution in [0.25, 0.3) is 0 Å². The number of carbonyl (C=O) groups excluding carboxylic acids is 1. The highest BCUT2D eigenvalue weighted by atomic mass is 16.6. The van der Waals surface area contributed by atoms with E-state index < -0.39 is 11.0 Å². The number of aromatic nitrogens is 2. The smallest absolute Gasteiger partial charge is 0.305 e. The minimum Gasteiger partial charge on any atom is -0.342 e. The largest absolute Gasteiger partial charge is 0.342 e. The van der Waals surface area contributed by atoms with Crippen molar-refractivity contribution in [2.75, 3.05) is 11.9 Å². The number of nitrogens with zero attached hydrogens (tertiary/aromatic N) is 4. The van der Waals surface area contributed by atoms with E-state index in [0.717, 1.165) is 18.0 Å². The fourth-order valence-corrected chi connectivity index (χ4v) is 2.59. The number of rotatable bonds is 5. The zero-order valence-corrected chi connectivity index (χ0v) is 13.2. The van der Waals surface area contributed by atoms with E-state index in [-0.39, 0.29) is 17.5 Å². The highest BCUT2D eigenvalue weighted by Gasteiger charge is 2.32. The summed E-state index contributed by atoms with van der Waals surface area (Å²) >= 11 is 0. The minimum atomic E-state index is -0.562. The molecule has 1 N–H and O–H groups in total. The number of hydrogen-bond donors (Lipinski definition) is 1. The lowest BCUT2D eigenvalue weighted by Gasteiger charge is -2.17. The van der Waals surface area contributed by atoms with Crippen LogP contribution in [0.4, 0.5) is 11.6 Å². The SMILES string of the molecule is Cc1ccc(CN2CCC(Nc3ncc([N+](=O)[O-])cn3)C2=O)cc1. The number of hydrogen-bond acceptors (Lipinski definition) is 6. The Hall–Kier alpha value is -3.03. The van der Waals surface area contributed by atoms with E-state index in [1.54, 1.807) is 4.90 Å². The summed E-state index contributed by atoms with van der Waals surface area (Å²) in [6, 6.07) is 7.68. The van der Waals surface area contributed by atoms with Gasteiger partial charge in [-0.3, -0.25) is 14.9 Å². The molecule has 1 aliphatic heterocycles. The first-order chi connectivity index (χ1) is 11.5. The van der Waals surface area contributed by atoms with Gasteiger partial charge in [-0.05, 0) is 18.9 Å². The molecule has 8 heteroatoms. The minimum absolute atomic E-state index is 0.0162. The summed E-state index contributed by atoms with van der Waals surface area (Å²) in [5, 5.41) is 13.5. The van der Waals surface area contributed by atoms with E-state index in [2.05, 4.69) is 15.3 Å². The number of carbonyl (C=O) groups is 1. The first kappa shape index (κ1) is 15.9. The maximum absolute atomic E-state index is 12.5. The summed E-state index contributed by atoms with van der Waals surface area (Å²) in [6.45, 7) is 3.24. The molecule has 0 saturated carbocycles. The van der Waals surface area contributed by atoms with Crippen LogP contribution in [0.5, 0.6) is 0 Å². The Morgan fingerprint density at radius 1 is 1.29 bits per heavy atom. The van der Waals surface area contributed by atoms with Crippen molar-refractivity contribution < 1.29 is 9.72 Å². The number of benzene rings is 1. The van der Waals surface area contributed by atoms with E-state index in [1.807, 2.05) is 31.2 Å². The third-order valence-electron chi connectivity index (χ3n) is 3.94. The second kappa shape index (κ2) is 6.61. The predicted octanol–water partition coefficient (Wildman–Crippen LogP) is 1.91. The fourth-order valence-electron chi connectivity index (χ4n) is 2.59. The number of likely N-dealkylation sites (tertiary alicyclic amines) is 1. The molecular weight excluding hydrogens is 310 g/mol. The topological polar surface area (TPSA) is 101 Å². The molecule has 8 nitrogen and oxygen atoms in total. The molecule has 0 bridgehead atoms. The molecule has 124 valence electrons. The van der Waals surface area contributed by atoms with Gasteiger partial charge >= 0.3 is 5.69 Å². The van der Waals surface area contributed by atoms with Crippen LogP contribution in [0.1, 0.15) is 17.5 Å². The molecule has 3 rings (SSSR count). The van der Waals surface area contributed by atoms with Crippen molar-refractivity contribution in [1.29, 1.82) is 0 Å². The molecule has 0 aliphatic carbocycles. The van der Waals surface area contributed by atoms with Crippen molar-refractivity contribution in [3.8, 4) is 0 Å². The van der Waals surface area contributed by atoms with Gasteiger partial charge < -0.3 is 10.2 Å².